The number of aromatic nitrogens is 2. The topological polar surface area (TPSA) is 82.1 Å². The highest BCUT2D eigenvalue weighted by Gasteiger charge is 2.60. The lowest BCUT2D eigenvalue weighted by Crippen LogP contribution is -2.55. The molecule has 0 aromatic carbocycles. The van der Waals surface area contributed by atoms with Gasteiger partial charge in [0.2, 0.25) is 0 Å². The Labute approximate surface area is 114 Å². The highest BCUT2D eigenvalue weighted by molar-refractivity contribution is 6.24. The van der Waals surface area contributed by atoms with Crippen molar-refractivity contribution in [3.05, 3.63) is 15.8 Å². The van der Waals surface area contributed by atoms with Gasteiger partial charge >= 0.3 is 5.82 Å². The largest absolute Gasteiger partial charge is 0.438 e. The normalized spacial score (nSPS) is 43.6. The first-order valence-corrected chi connectivity index (χ1v) is 7.04. The first kappa shape index (κ1) is 11.6. The lowest BCUT2D eigenvalue weighted by molar-refractivity contribution is -0.392. The summed E-state index contributed by atoms with van der Waals surface area (Å²) in [6.07, 6.45) is 5.91. The van der Waals surface area contributed by atoms with Gasteiger partial charge in [0.25, 0.3) is 0 Å². The van der Waals surface area contributed by atoms with Crippen molar-refractivity contribution in [2.24, 2.45) is 11.8 Å². The van der Waals surface area contributed by atoms with Crippen molar-refractivity contribution in [1.82, 2.24) is 10.3 Å². The molecule has 0 radical (unpaired) electrons. The van der Waals surface area contributed by atoms with E-state index >= 15 is 0 Å². The molecule has 2 unspecified atom stereocenters. The molecular weight excluding hydrogens is 270 g/mol. The molecular formula is C12H14ClN3O3. The monoisotopic (exact) mass is 283 g/mol. The third-order valence-corrected chi connectivity index (χ3v) is 5.58. The summed E-state index contributed by atoms with van der Waals surface area (Å²) >= 11 is 6.72. The van der Waals surface area contributed by atoms with E-state index in [4.69, 9.17) is 11.6 Å². The summed E-state index contributed by atoms with van der Waals surface area (Å²) in [6.45, 7) is 0. The molecule has 1 heterocycles. The lowest BCUT2D eigenvalue weighted by Gasteiger charge is -2.58. The average molecular weight is 284 g/mol. The maximum Gasteiger partial charge on any atom is 0.438 e. The number of nitro groups is 1. The maximum absolute atomic E-state index is 11.1. The molecule has 4 saturated carbocycles. The van der Waals surface area contributed by atoms with Crippen LogP contribution >= 0.6 is 11.6 Å². The molecule has 7 heteroatoms. The van der Waals surface area contributed by atoms with Crippen LogP contribution in [0.4, 0.5) is 5.82 Å². The summed E-state index contributed by atoms with van der Waals surface area (Å²) in [4.78, 5) is 10.4. The van der Waals surface area contributed by atoms with Gasteiger partial charge in [-0.2, -0.15) is 0 Å². The quantitative estimate of drug-likeness (QED) is 0.473. The van der Waals surface area contributed by atoms with Crippen LogP contribution in [0.15, 0.2) is 4.63 Å². The van der Waals surface area contributed by atoms with Crippen molar-refractivity contribution in [2.75, 3.05) is 0 Å². The summed E-state index contributed by atoms with van der Waals surface area (Å²) in [7, 11) is 0. The summed E-state index contributed by atoms with van der Waals surface area (Å²) < 4.78 is 4.64. The van der Waals surface area contributed by atoms with Gasteiger partial charge in [0.05, 0.1) is 0 Å². The van der Waals surface area contributed by atoms with Crippen molar-refractivity contribution in [1.29, 1.82) is 0 Å². The molecule has 4 fully saturated rings. The van der Waals surface area contributed by atoms with E-state index in [1.807, 2.05) is 0 Å². The lowest BCUT2D eigenvalue weighted by atomic mass is 9.48. The number of halogens is 1. The smallest absolute Gasteiger partial charge is 0.358 e. The summed E-state index contributed by atoms with van der Waals surface area (Å²) in [5.74, 6) is 0.910. The molecule has 0 saturated heterocycles. The van der Waals surface area contributed by atoms with Gasteiger partial charge in [-0.15, -0.1) is 16.2 Å². The second-order valence-corrected chi connectivity index (χ2v) is 7.39. The van der Waals surface area contributed by atoms with Crippen LogP contribution < -0.4 is 0 Å². The van der Waals surface area contributed by atoms with Crippen LogP contribution in [0.2, 0.25) is 0 Å². The van der Waals surface area contributed by atoms with Gasteiger partial charge < -0.3 is 10.1 Å². The molecule has 6 nitrogen and oxygen atoms in total. The zero-order valence-corrected chi connectivity index (χ0v) is 11.1. The fourth-order valence-corrected chi connectivity index (χ4v) is 5.76. The first-order valence-electron chi connectivity index (χ1n) is 6.66. The first-order chi connectivity index (χ1) is 9.00. The molecule has 102 valence electrons. The highest BCUT2D eigenvalue weighted by atomic mass is 35.5. The Morgan fingerprint density at radius 1 is 1.26 bits per heavy atom. The van der Waals surface area contributed by atoms with Gasteiger partial charge in [-0.1, -0.05) is 0 Å². The van der Waals surface area contributed by atoms with Crippen LogP contribution in [0.1, 0.15) is 44.2 Å². The second kappa shape index (κ2) is 3.48. The fourth-order valence-electron chi connectivity index (χ4n) is 5.07. The molecule has 19 heavy (non-hydrogen) atoms. The third-order valence-electron chi connectivity index (χ3n) is 5.14. The van der Waals surface area contributed by atoms with Gasteiger partial charge in [0, 0.05) is 10.3 Å². The highest BCUT2D eigenvalue weighted by Crippen LogP contribution is 2.64. The maximum atomic E-state index is 11.1. The minimum absolute atomic E-state index is 0.198. The standard InChI is InChI=1S/C12H14ClN3O3/c13-12-4-7-1-8(5-12)3-11(2-7,6-12)9-10(16(17)18)15-19-14-9/h7-8H,1-6H2. The van der Waals surface area contributed by atoms with Crippen LogP contribution in [0, 0.1) is 22.0 Å². The predicted octanol–water partition coefficient (Wildman–Crippen LogP) is 2.81. The van der Waals surface area contributed by atoms with Gasteiger partial charge in [0.15, 0.2) is 10.9 Å². The Hall–Kier alpha value is -1.17. The van der Waals surface area contributed by atoms with E-state index in [2.05, 4.69) is 14.9 Å². The molecule has 5 rings (SSSR count). The Morgan fingerprint density at radius 2 is 1.95 bits per heavy atom. The van der Waals surface area contributed by atoms with Crippen LogP contribution in [-0.2, 0) is 5.41 Å². The molecule has 1 aromatic rings. The molecule has 0 aliphatic heterocycles. The minimum atomic E-state index is -0.495. The van der Waals surface area contributed by atoms with E-state index < -0.39 is 4.92 Å². The number of hydrogen-bond acceptors (Lipinski definition) is 5. The molecule has 1 aromatic heterocycles. The van der Waals surface area contributed by atoms with E-state index in [1.54, 1.807) is 0 Å². The zero-order valence-electron chi connectivity index (χ0n) is 10.3. The van der Waals surface area contributed by atoms with Gasteiger partial charge in [-0.25, -0.2) is 0 Å². The number of hydrogen-bond donors (Lipinski definition) is 0. The van der Waals surface area contributed by atoms with E-state index in [-0.39, 0.29) is 16.1 Å². The SMILES string of the molecule is O=[N+]([O-])c1nonc1C12CC3CC(CC(Cl)(C3)C1)C2. The van der Waals surface area contributed by atoms with Gasteiger partial charge in [-0.3, -0.25) is 0 Å². The molecule has 4 bridgehead atoms. The van der Waals surface area contributed by atoms with Crippen LogP contribution in [0.25, 0.3) is 0 Å². The molecule has 2 atom stereocenters. The third kappa shape index (κ3) is 1.55. The fraction of sp³-hybridized carbons (Fsp3) is 0.833. The minimum Gasteiger partial charge on any atom is -0.358 e. The summed E-state index contributed by atoms with van der Waals surface area (Å²) in [6, 6.07) is 0. The predicted molar refractivity (Wildman–Crippen MR) is 65.9 cm³/mol. The Bertz CT molecular complexity index is 544. The number of alkyl halides is 1. The van der Waals surface area contributed by atoms with Crippen LogP contribution in [0.5, 0.6) is 0 Å². The van der Waals surface area contributed by atoms with Crippen molar-refractivity contribution in [3.63, 3.8) is 0 Å². The second-order valence-electron chi connectivity index (χ2n) is 6.59. The van der Waals surface area contributed by atoms with E-state index in [1.165, 1.54) is 6.42 Å². The Balaban J connectivity index is 1.81. The van der Waals surface area contributed by atoms with Crippen LogP contribution in [0.3, 0.4) is 0 Å². The van der Waals surface area contributed by atoms with E-state index in [9.17, 15) is 10.1 Å². The molecule has 0 N–H and O–H groups in total. The van der Waals surface area contributed by atoms with Crippen molar-refractivity contribution >= 4 is 17.4 Å². The molecule has 0 spiro atoms. The van der Waals surface area contributed by atoms with Gasteiger partial charge in [-0.05, 0) is 60.4 Å². The van der Waals surface area contributed by atoms with Crippen molar-refractivity contribution in [3.8, 4) is 0 Å². The zero-order chi connectivity index (χ0) is 13.3. The van der Waals surface area contributed by atoms with E-state index in [0.29, 0.717) is 17.5 Å². The van der Waals surface area contributed by atoms with Crippen molar-refractivity contribution in [2.45, 2.75) is 48.8 Å². The summed E-state index contributed by atoms with van der Waals surface area (Å²) in [5, 5.41) is 18.4. The van der Waals surface area contributed by atoms with E-state index in [0.717, 1.165) is 32.1 Å². The summed E-state index contributed by atoms with van der Waals surface area (Å²) in [5.41, 5.74) is 0.144. The van der Waals surface area contributed by atoms with Crippen molar-refractivity contribution < 1.29 is 9.55 Å². The average Bonchev–Trinajstić information content (AvgIpc) is 2.74. The Kier molecular flexibility index (Phi) is 2.13. The Morgan fingerprint density at radius 3 is 2.53 bits per heavy atom. The molecule has 4 aliphatic rings. The molecule has 4 aliphatic carbocycles. The number of rotatable bonds is 2. The van der Waals surface area contributed by atoms with Gasteiger partial charge in [0.1, 0.15) is 0 Å². The van der Waals surface area contributed by atoms with Crippen LogP contribution in [-0.4, -0.2) is 20.1 Å². The molecule has 0 amide bonds. The number of nitrogens with zero attached hydrogens (tertiary/aromatic N) is 3.